The number of hydrogen-bond donors (Lipinski definition) is 2. The molecule has 2 N–H and O–H groups in total. The van der Waals surface area contributed by atoms with Crippen molar-refractivity contribution in [3.63, 3.8) is 0 Å². The van der Waals surface area contributed by atoms with Gasteiger partial charge in [0.1, 0.15) is 0 Å². The van der Waals surface area contributed by atoms with Gasteiger partial charge in [-0.2, -0.15) is 0 Å². The smallest absolute Gasteiger partial charge is 0.0565 e. The number of aliphatic hydroxyl groups excluding tert-OH is 2. The molecule has 0 amide bonds. The van der Waals surface area contributed by atoms with Crippen molar-refractivity contribution in [3.8, 4) is 0 Å². The predicted octanol–water partition coefficient (Wildman–Crippen LogP) is 2.34. The fourth-order valence-corrected chi connectivity index (χ4v) is 1.68. The zero-order valence-electron chi connectivity index (χ0n) is 9.00. The Kier molecular flexibility index (Phi) is 8.46. The lowest BCUT2D eigenvalue weighted by molar-refractivity contribution is 0.0874. The molecule has 2 unspecified atom stereocenters. The molecule has 0 saturated heterocycles. The fraction of sp³-hybridized carbons (Fsp3) is 1.00. The lowest BCUT2D eigenvalue weighted by Gasteiger charge is -2.21. The minimum absolute atomic E-state index is 0.168. The standard InChI is InChI=1S/C11H24O2/c1-3-5-7-10(8-6-9-12)11(13)4-2/h10-13H,3-9H2,1-2H3. The van der Waals surface area contributed by atoms with Gasteiger partial charge in [-0.05, 0) is 31.6 Å². The SMILES string of the molecule is CCCCC(CCCO)C(O)CC. The maximum Gasteiger partial charge on any atom is 0.0565 e. The van der Waals surface area contributed by atoms with E-state index < -0.39 is 0 Å². The molecule has 0 bridgehead atoms. The van der Waals surface area contributed by atoms with Gasteiger partial charge in [0.25, 0.3) is 0 Å². The first-order chi connectivity index (χ1) is 6.26. The fourth-order valence-electron chi connectivity index (χ4n) is 1.68. The maximum absolute atomic E-state index is 9.69. The summed E-state index contributed by atoms with van der Waals surface area (Å²) in [5, 5.41) is 18.4. The van der Waals surface area contributed by atoms with E-state index in [1.165, 1.54) is 12.8 Å². The summed E-state index contributed by atoms with van der Waals surface area (Å²) in [6.07, 6.45) is 5.93. The van der Waals surface area contributed by atoms with Gasteiger partial charge in [0.05, 0.1) is 6.10 Å². The molecule has 13 heavy (non-hydrogen) atoms. The molecule has 0 aliphatic rings. The van der Waals surface area contributed by atoms with E-state index in [0.29, 0.717) is 5.92 Å². The van der Waals surface area contributed by atoms with Crippen molar-refractivity contribution in [3.05, 3.63) is 0 Å². The third kappa shape index (κ3) is 6.05. The van der Waals surface area contributed by atoms with E-state index in [-0.39, 0.29) is 12.7 Å². The van der Waals surface area contributed by atoms with Crippen molar-refractivity contribution in [1.29, 1.82) is 0 Å². The summed E-state index contributed by atoms with van der Waals surface area (Å²) in [7, 11) is 0. The molecule has 0 saturated carbocycles. The van der Waals surface area contributed by atoms with Crippen molar-refractivity contribution >= 4 is 0 Å². The van der Waals surface area contributed by atoms with Crippen molar-refractivity contribution in [1.82, 2.24) is 0 Å². The first-order valence-corrected chi connectivity index (χ1v) is 5.55. The maximum atomic E-state index is 9.69. The molecule has 0 radical (unpaired) electrons. The van der Waals surface area contributed by atoms with Gasteiger partial charge in [0, 0.05) is 6.61 Å². The van der Waals surface area contributed by atoms with Crippen LogP contribution < -0.4 is 0 Å². The Morgan fingerprint density at radius 2 is 1.69 bits per heavy atom. The summed E-state index contributed by atoms with van der Waals surface area (Å²) < 4.78 is 0. The van der Waals surface area contributed by atoms with Crippen LogP contribution in [0.15, 0.2) is 0 Å². The van der Waals surface area contributed by atoms with Crippen LogP contribution in [0.4, 0.5) is 0 Å². The van der Waals surface area contributed by atoms with Crippen molar-refractivity contribution in [2.24, 2.45) is 5.92 Å². The van der Waals surface area contributed by atoms with Gasteiger partial charge in [-0.25, -0.2) is 0 Å². The monoisotopic (exact) mass is 188 g/mol. The molecule has 0 aliphatic heterocycles. The molecular formula is C11H24O2. The van der Waals surface area contributed by atoms with Crippen LogP contribution in [0, 0.1) is 5.92 Å². The van der Waals surface area contributed by atoms with Gasteiger partial charge >= 0.3 is 0 Å². The molecule has 0 aliphatic carbocycles. The molecule has 0 fully saturated rings. The van der Waals surface area contributed by atoms with Gasteiger partial charge < -0.3 is 10.2 Å². The zero-order chi connectivity index (χ0) is 10.1. The van der Waals surface area contributed by atoms with Crippen LogP contribution in [0.2, 0.25) is 0 Å². The molecule has 0 rings (SSSR count). The minimum Gasteiger partial charge on any atom is -0.396 e. The second kappa shape index (κ2) is 8.52. The molecule has 2 nitrogen and oxygen atoms in total. The van der Waals surface area contributed by atoms with Crippen LogP contribution in [-0.2, 0) is 0 Å². The van der Waals surface area contributed by atoms with Crippen molar-refractivity contribution < 1.29 is 10.2 Å². The van der Waals surface area contributed by atoms with E-state index in [1.54, 1.807) is 0 Å². The molecule has 2 atom stereocenters. The molecular weight excluding hydrogens is 164 g/mol. The third-order valence-corrected chi connectivity index (χ3v) is 2.62. The highest BCUT2D eigenvalue weighted by Crippen LogP contribution is 2.20. The van der Waals surface area contributed by atoms with Crippen LogP contribution in [-0.4, -0.2) is 22.9 Å². The Hall–Kier alpha value is -0.0800. The normalized spacial score (nSPS) is 15.7. The quantitative estimate of drug-likeness (QED) is 0.614. The molecule has 2 heteroatoms. The topological polar surface area (TPSA) is 40.5 Å². The summed E-state index contributed by atoms with van der Waals surface area (Å²) in [5.74, 6) is 0.400. The average molecular weight is 188 g/mol. The molecule has 0 aromatic carbocycles. The summed E-state index contributed by atoms with van der Waals surface area (Å²) in [4.78, 5) is 0. The average Bonchev–Trinajstić information content (AvgIpc) is 2.17. The highest BCUT2D eigenvalue weighted by molar-refractivity contribution is 4.67. The van der Waals surface area contributed by atoms with Gasteiger partial charge in [0.2, 0.25) is 0 Å². The van der Waals surface area contributed by atoms with Gasteiger partial charge in [0.15, 0.2) is 0 Å². The molecule has 0 heterocycles. The minimum atomic E-state index is -0.168. The van der Waals surface area contributed by atoms with Gasteiger partial charge in [-0.3, -0.25) is 0 Å². The van der Waals surface area contributed by atoms with E-state index in [4.69, 9.17) is 5.11 Å². The summed E-state index contributed by atoms with van der Waals surface area (Å²) in [6.45, 7) is 4.43. The van der Waals surface area contributed by atoms with Crippen LogP contribution in [0.1, 0.15) is 52.4 Å². The largest absolute Gasteiger partial charge is 0.396 e. The number of hydrogen-bond acceptors (Lipinski definition) is 2. The Bertz CT molecular complexity index is 96.3. The van der Waals surface area contributed by atoms with Crippen LogP contribution in [0.3, 0.4) is 0 Å². The Labute approximate surface area is 82.0 Å². The van der Waals surface area contributed by atoms with Gasteiger partial charge in [-0.1, -0.05) is 26.7 Å². The molecule has 0 aromatic heterocycles. The molecule has 80 valence electrons. The lowest BCUT2D eigenvalue weighted by Crippen LogP contribution is -2.19. The second-order valence-corrected chi connectivity index (χ2v) is 3.74. The third-order valence-electron chi connectivity index (χ3n) is 2.62. The molecule has 0 spiro atoms. The van der Waals surface area contributed by atoms with Crippen molar-refractivity contribution in [2.75, 3.05) is 6.61 Å². The number of rotatable bonds is 8. The zero-order valence-corrected chi connectivity index (χ0v) is 9.00. The van der Waals surface area contributed by atoms with Crippen LogP contribution >= 0.6 is 0 Å². The van der Waals surface area contributed by atoms with E-state index in [0.717, 1.165) is 25.7 Å². The van der Waals surface area contributed by atoms with E-state index >= 15 is 0 Å². The first-order valence-electron chi connectivity index (χ1n) is 5.55. The Morgan fingerprint density at radius 3 is 2.15 bits per heavy atom. The summed E-state index contributed by atoms with van der Waals surface area (Å²) in [5.41, 5.74) is 0. The Balaban J connectivity index is 3.72. The molecule has 0 aromatic rings. The van der Waals surface area contributed by atoms with E-state index in [9.17, 15) is 5.11 Å². The first kappa shape index (κ1) is 12.9. The van der Waals surface area contributed by atoms with E-state index in [2.05, 4.69) is 6.92 Å². The van der Waals surface area contributed by atoms with Gasteiger partial charge in [-0.15, -0.1) is 0 Å². The number of aliphatic hydroxyl groups is 2. The Morgan fingerprint density at radius 1 is 1.08 bits per heavy atom. The second-order valence-electron chi connectivity index (χ2n) is 3.74. The lowest BCUT2D eigenvalue weighted by atomic mass is 9.90. The van der Waals surface area contributed by atoms with Crippen LogP contribution in [0.5, 0.6) is 0 Å². The highest BCUT2D eigenvalue weighted by atomic mass is 16.3. The predicted molar refractivity (Wildman–Crippen MR) is 55.6 cm³/mol. The number of unbranched alkanes of at least 4 members (excludes halogenated alkanes) is 1. The highest BCUT2D eigenvalue weighted by Gasteiger charge is 2.15. The summed E-state index contributed by atoms with van der Waals surface area (Å²) >= 11 is 0. The summed E-state index contributed by atoms with van der Waals surface area (Å²) in [6, 6.07) is 0. The van der Waals surface area contributed by atoms with Crippen molar-refractivity contribution in [2.45, 2.75) is 58.5 Å². The van der Waals surface area contributed by atoms with E-state index in [1.807, 2.05) is 6.92 Å². The van der Waals surface area contributed by atoms with Crippen LogP contribution in [0.25, 0.3) is 0 Å².